The van der Waals surface area contributed by atoms with Crippen LogP contribution in [0.25, 0.3) is 0 Å². The Balaban J connectivity index is 0.000000140. The molecule has 9 aromatic rings. The van der Waals surface area contributed by atoms with Crippen LogP contribution in [-0.2, 0) is 0 Å². The van der Waals surface area contributed by atoms with Gasteiger partial charge in [0.15, 0.2) is 34.5 Å². The SMILES string of the molecule is COc1cc(C2CCN(C)CC2)ccc1Nc1ncc2c(n1)N(C)c1sc(C)nc1C(=O)N2C.COc1cc(N2CCN(C)CC2)c(C)cc1Nc1ncc2c(n1)N(C)c1sc(C)nc1C(=O)N2C.COc1cc(N2CCN(CCO)CC2)ccc1Nc1ncc2c(n1)N(C)c1sc(C)nc1C(=O)N2C. The van der Waals surface area contributed by atoms with Crippen LogP contribution in [0.4, 0.5) is 95.8 Å². The van der Waals surface area contributed by atoms with E-state index in [0.29, 0.717) is 87.7 Å². The number of carbonyl (C=O) groups is 3. The summed E-state index contributed by atoms with van der Waals surface area (Å²) < 4.78 is 17.1. The van der Waals surface area contributed by atoms with Gasteiger partial charge in [-0.25, -0.2) is 29.9 Å². The van der Waals surface area contributed by atoms with Crippen LogP contribution in [0.5, 0.6) is 17.2 Å². The molecule has 0 bridgehead atoms. The van der Waals surface area contributed by atoms with Gasteiger partial charge in [-0.1, -0.05) is 6.07 Å². The van der Waals surface area contributed by atoms with E-state index in [2.05, 4.69) is 122 Å². The van der Waals surface area contributed by atoms with Crippen LogP contribution in [0.3, 0.4) is 0 Å². The molecule has 0 aliphatic carbocycles. The van der Waals surface area contributed by atoms with Crippen molar-refractivity contribution in [3.8, 4) is 17.2 Å². The number of aromatic nitrogens is 9. The number of piperazine rings is 2. The third-order valence-corrected chi connectivity index (χ3v) is 22.9. The number of likely N-dealkylation sites (N-methyl/N-ethyl adjacent to an activating group) is 1. The molecule has 3 aromatic carbocycles. The van der Waals surface area contributed by atoms with Gasteiger partial charge in [-0.05, 0) is 115 Å². The summed E-state index contributed by atoms with van der Waals surface area (Å²) in [6.45, 7) is 18.6. The number of hydrogen-bond acceptors (Lipinski definition) is 30. The third kappa shape index (κ3) is 15.0. The van der Waals surface area contributed by atoms with Gasteiger partial charge >= 0.3 is 0 Å². The second-order valence-electron chi connectivity index (χ2n) is 26.6. The summed E-state index contributed by atoms with van der Waals surface area (Å²) in [5, 5.41) is 23.9. The number of rotatable bonds is 14. The van der Waals surface area contributed by atoms with Gasteiger partial charge in [0.2, 0.25) is 17.8 Å². The monoisotopic (exact) mass is 1480 g/mol. The van der Waals surface area contributed by atoms with Crippen LogP contribution < -0.4 is 69.4 Å². The molecule has 6 aromatic heterocycles. The molecule has 3 saturated heterocycles. The molecule has 0 atom stereocenters. The number of nitrogens with one attached hydrogen (secondary N) is 3. The van der Waals surface area contributed by atoms with Crippen LogP contribution in [0.2, 0.25) is 0 Å². The van der Waals surface area contributed by atoms with E-state index in [-0.39, 0.29) is 24.3 Å². The molecule has 3 fully saturated rings. The molecular formula is C72H89N23O7S3. The van der Waals surface area contributed by atoms with Crippen molar-refractivity contribution >= 4 is 148 Å². The van der Waals surface area contributed by atoms with Gasteiger partial charge in [0.25, 0.3) is 17.7 Å². The number of aryl methyl sites for hydroxylation is 4. The molecule has 12 heterocycles. The molecule has 0 unspecified atom stereocenters. The van der Waals surface area contributed by atoms with Crippen molar-refractivity contribution in [2.75, 3.05) is 211 Å². The lowest BCUT2D eigenvalue weighted by molar-refractivity contribution is 0.0982. The summed E-state index contributed by atoms with van der Waals surface area (Å²) in [6.07, 6.45) is 7.29. The van der Waals surface area contributed by atoms with Gasteiger partial charge in [0.1, 0.15) is 49.3 Å². The lowest BCUT2D eigenvalue weighted by Gasteiger charge is -2.36. The highest BCUT2D eigenvalue weighted by Gasteiger charge is 2.36. The number of nitrogens with zero attached hydrogens (tertiary/aromatic N) is 20. The normalized spacial score (nSPS) is 16.3. The second kappa shape index (κ2) is 30.9. The lowest BCUT2D eigenvalue weighted by atomic mass is 9.89. The van der Waals surface area contributed by atoms with Gasteiger partial charge in [-0.2, -0.15) is 15.0 Å². The number of anilines is 17. The molecule has 6 aliphatic heterocycles. The predicted molar refractivity (Wildman–Crippen MR) is 418 cm³/mol. The van der Waals surface area contributed by atoms with Crippen LogP contribution in [0, 0.1) is 27.7 Å². The Labute approximate surface area is 622 Å². The molecule has 6 aliphatic rings. The quantitative estimate of drug-likeness (QED) is 0.0787. The molecule has 3 amide bonds. The number of β-amino-alcohol motifs (C(OH)–C–C–N with tert-alkyl or cyclic N) is 1. The number of methoxy groups -OCH3 is 3. The summed E-state index contributed by atoms with van der Waals surface area (Å²) in [6, 6.07) is 16.5. The van der Waals surface area contributed by atoms with Crippen molar-refractivity contribution in [1.29, 1.82) is 0 Å². The van der Waals surface area contributed by atoms with Gasteiger partial charge in [0.05, 0.1) is 78.6 Å². The van der Waals surface area contributed by atoms with Crippen molar-refractivity contribution in [3.63, 3.8) is 0 Å². The number of ether oxygens (including phenoxy) is 3. The maximum Gasteiger partial charge on any atom is 0.279 e. The minimum absolute atomic E-state index is 0.166. The van der Waals surface area contributed by atoms with Crippen LogP contribution in [0.15, 0.2) is 67.1 Å². The van der Waals surface area contributed by atoms with Gasteiger partial charge < -0.3 is 84.3 Å². The highest BCUT2D eigenvalue weighted by molar-refractivity contribution is 7.17. The molecular weight excluding hydrogens is 1400 g/mol. The zero-order chi connectivity index (χ0) is 74.2. The fourth-order valence-electron chi connectivity index (χ4n) is 13.6. The summed E-state index contributed by atoms with van der Waals surface area (Å²) in [5.41, 5.74) is 10.2. The Hall–Kier alpha value is -10.2. The van der Waals surface area contributed by atoms with Crippen molar-refractivity contribution in [3.05, 3.63) is 110 Å². The molecule has 15 rings (SSSR count). The molecule has 0 radical (unpaired) electrons. The Kier molecular flexibility index (Phi) is 21.5. The van der Waals surface area contributed by atoms with E-state index >= 15 is 0 Å². The number of fused-ring (bicyclic) bond motifs is 6. The second-order valence-corrected chi connectivity index (χ2v) is 30.2. The maximum atomic E-state index is 13.0. The number of thiazole rings is 3. The zero-order valence-electron chi connectivity index (χ0n) is 61.9. The van der Waals surface area contributed by atoms with E-state index in [0.717, 1.165) is 148 Å². The average Bonchev–Trinajstić information content (AvgIpc) is 1.44. The first kappa shape index (κ1) is 73.2. The van der Waals surface area contributed by atoms with Crippen molar-refractivity contribution in [2.45, 2.75) is 46.5 Å². The van der Waals surface area contributed by atoms with Crippen molar-refractivity contribution in [2.24, 2.45) is 0 Å². The number of piperidine rings is 1. The highest BCUT2D eigenvalue weighted by atomic mass is 32.1. The number of likely N-dealkylation sites (tertiary alicyclic amines) is 1. The largest absolute Gasteiger partial charge is 0.495 e. The number of aliphatic hydroxyl groups excluding tert-OH is 1. The molecule has 30 nitrogen and oxygen atoms in total. The Morgan fingerprint density at radius 2 is 0.848 bits per heavy atom. The van der Waals surface area contributed by atoms with E-state index in [4.69, 9.17) is 29.2 Å². The first-order valence-corrected chi connectivity index (χ1v) is 37.1. The number of aliphatic hydroxyl groups is 1. The minimum Gasteiger partial charge on any atom is -0.495 e. The number of carbonyl (C=O) groups excluding carboxylic acids is 3. The highest BCUT2D eigenvalue weighted by Crippen LogP contribution is 2.46. The van der Waals surface area contributed by atoms with Gasteiger partial charge in [-0.3, -0.25) is 19.3 Å². The summed E-state index contributed by atoms with van der Waals surface area (Å²) >= 11 is 4.41. The first-order valence-electron chi connectivity index (χ1n) is 34.7. The molecule has 4 N–H and O–H groups in total. The third-order valence-electron chi connectivity index (χ3n) is 19.7. The predicted octanol–water partition coefficient (Wildman–Crippen LogP) is 10.0. The van der Waals surface area contributed by atoms with Crippen LogP contribution in [0.1, 0.15) is 76.4 Å². The molecule has 552 valence electrons. The van der Waals surface area contributed by atoms with E-state index in [9.17, 15) is 19.5 Å². The Bertz CT molecular complexity index is 4720. The van der Waals surface area contributed by atoms with E-state index < -0.39 is 0 Å². The van der Waals surface area contributed by atoms with Gasteiger partial charge in [0, 0.05) is 125 Å². The maximum absolute atomic E-state index is 13.0. The molecule has 105 heavy (non-hydrogen) atoms. The summed E-state index contributed by atoms with van der Waals surface area (Å²) in [5.74, 6) is 5.33. The van der Waals surface area contributed by atoms with Crippen molar-refractivity contribution < 1.29 is 33.7 Å². The molecule has 0 spiro atoms. The topological polar surface area (TPSA) is 287 Å². The minimum atomic E-state index is -0.182. The van der Waals surface area contributed by atoms with E-state index in [1.807, 2.05) is 74.8 Å². The Morgan fingerprint density at radius 1 is 0.448 bits per heavy atom. The lowest BCUT2D eigenvalue weighted by Crippen LogP contribution is -2.47. The number of amides is 3. The molecule has 33 heteroatoms. The smallest absolute Gasteiger partial charge is 0.279 e. The number of hydrogen-bond donors (Lipinski definition) is 4. The van der Waals surface area contributed by atoms with Crippen LogP contribution >= 0.6 is 34.0 Å². The molecule has 0 saturated carbocycles. The average molecular weight is 1480 g/mol. The van der Waals surface area contributed by atoms with Crippen molar-refractivity contribution in [1.82, 2.24) is 59.6 Å². The van der Waals surface area contributed by atoms with Crippen LogP contribution in [-0.4, -0.2) is 239 Å². The fourth-order valence-corrected chi connectivity index (χ4v) is 16.2. The standard InChI is InChI=1S/C24H30N8O3S.C24H30N8O2S.C24H29N7O2S/c1-15-26-20-22(34)29(2)18-14-25-24(28-21(18)30(3)23(20)36-15)27-17-6-5-16(13-19(17)35-4)32-9-7-31(8-10-32)11-12-33;1-14-11-16(19(34-6)12-17(14)32-9-7-29(3)8-10-32)27-24-25-13-18-21(28-24)31(5)23-20(22(33)30(18)4)26-15(2)35-23;1-14-26-20-22(32)30(3)18-13-25-24(28-21(18)31(4)23(20)34-14)27-17-7-6-16(12-19(17)33-5)15-8-10-29(2)11-9-15/h5-6,13-14,33H,7-12H2,1-4H3,(H,25,27,28);11-13H,7-10H2,1-6H3,(H,25,27,28);6-7,12-13,15H,8-11H2,1-5H3,(H,25,27,28). The zero-order valence-corrected chi connectivity index (χ0v) is 64.3. The summed E-state index contributed by atoms with van der Waals surface area (Å²) in [7, 11) is 20.1. The van der Waals surface area contributed by atoms with E-state index in [1.54, 1.807) is 70.9 Å². The number of benzene rings is 3. The Morgan fingerprint density at radius 3 is 1.29 bits per heavy atom. The first-order chi connectivity index (χ1) is 50.5. The summed E-state index contributed by atoms with van der Waals surface area (Å²) in [4.78, 5) is 102. The van der Waals surface area contributed by atoms with E-state index in [1.165, 1.54) is 50.2 Å². The fraction of sp³-hybridized carbons (Fsp3) is 0.417. The van der Waals surface area contributed by atoms with Gasteiger partial charge in [-0.15, -0.1) is 34.0 Å².